The molecule has 0 spiro atoms. The number of benzene rings is 1. The summed E-state index contributed by atoms with van der Waals surface area (Å²) < 4.78 is 15.2. The number of aromatic nitrogens is 2. The van der Waals surface area contributed by atoms with Gasteiger partial charge in [0.15, 0.2) is 5.69 Å². The normalized spacial score (nSPS) is 10.5. The smallest absolute Gasteiger partial charge is 0.273 e. The fourth-order valence-corrected chi connectivity index (χ4v) is 1.77. The quantitative estimate of drug-likeness (QED) is 0.903. The van der Waals surface area contributed by atoms with Gasteiger partial charge in [0.05, 0.1) is 0 Å². The Labute approximate surface area is 110 Å². The third-order valence-electron chi connectivity index (χ3n) is 2.73. The number of halogens is 1. The SMILES string of the molecule is CN(C)C(=O)c1ccn(-c2c(F)cccc2CN)n1. The lowest BCUT2D eigenvalue weighted by atomic mass is 10.1. The second-order valence-corrected chi connectivity index (χ2v) is 4.30. The first-order valence-electron chi connectivity index (χ1n) is 5.79. The summed E-state index contributed by atoms with van der Waals surface area (Å²) in [6.45, 7) is 0.198. The van der Waals surface area contributed by atoms with Crippen LogP contribution in [0.1, 0.15) is 16.1 Å². The number of carbonyl (C=O) groups excluding carboxylic acids is 1. The Kier molecular flexibility index (Phi) is 3.62. The number of nitrogens with two attached hydrogens (primary N) is 1. The van der Waals surface area contributed by atoms with Gasteiger partial charge in [0.1, 0.15) is 11.5 Å². The van der Waals surface area contributed by atoms with Gasteiger partial charge in [-0.1, -0.05) is 12.1 Å². The van der Waals surface area contributed by atoms with Crippen LogP contribution in [-0.2, 0) is 6.54 Å². The average Bonchev–Trinajstić information content (AvgIpc) is 2.86. The van der Waals surface area contributed by atoms with E-state index < -0.39 is 5.82 Å². The van der Waals surface area contributed by atoms with Crippen molar-refractivity contribution < 1.29 is 9.18 Å². The Bertz CT molecular complexity index is 606. The first-order valence-corrected chi connectivity index (χ1v) is 5.79. The molecule has 0 fully saturated rings. The zero-order valence-corrected chi connectivity index (χ0v) is 10.8. The second kappa shape index (κ2) is 5.19. The molecule has 2 aromatic rings. The fourth-order valence-electron chi connectivity index (χ4n) is 1.77. The minimum absolute atomic E-state index is 0.198. The molecule has 1 amide bonds. The van der Waals surface area contributed by atoms with Gasteiger partial charge < -0.3 is 10.6 Å². The predicted octanol–water partition coefficient (Wildman–Crippen LogP) is 1.17. The molecule has 100 valence electrons. The van der Waals surface area contributed by atoms with Crippen molar-refractivity contribution in [3.8, 4) is 5.69 Å². The Morgan fingerprint density at radius 2 is 2.16 bits per heavy atom. The van der Waals surface area contributed by atoms with Crippen LogP contribution in [0.5, 0.6) is 0 Å². The molecule has 1 heterocycles. The number of rotatable bonds is 3. The highest BCUT2D eigenvalue weighted by Gasteiger charge is 2.15. The molecular weight excluding hydrogens is 247 g/mol. The average molecular weight is 262 g/mol. The van der Waals surface area contributed by atoms with Crippen molar-refractivity contribution in [1.82, 2.24) is 14.7 Å². The highest BCUT2D eigenvalue weighted by molar-refractivity contribution is 5.91. The van der Waals surface area contributed by atoms with E-state index in [4.69, 9.17) is 5.73 Å². The van der Waals surface area contributed by atoms with Crippen LogP contribution in [0.3, 0.4) is 0 Å². The van der Waals surface area contributed by atoms with E-state index in [1.807, 2.05) is 0 Å². The monoisotopic (exact) mass is 262 g/mol. The minimum Gasteiger partial charge on any atom is -0.343 e. The Morgan fingerprint density at radius 1 is 1.42 bits per heavy atom. The fraction of sp³-hybridized carbons (Fsp3) is 0.231. The molecule has 0 radical (unpaired) electrons. The molecule has 2 N–H and O–H groups in total. The maximum absolute atomic E-state index is 13.9. The van der Waals surface area contributed by atoms with Crippen molar-refractivity contribution in [1.29, 1.82) is 0 Å². The third kappa shape index (κ3) is 2.48. The van der Waals surface area contributed by atoms with Crippen LogP contribution in [0, 0.1) is 5.82 Å². The van der Waals surface area contributed by atoms with Crippen LogP contribution in [0.15, 0.2) is 30.5 Å². The molecule has 0 atom stereocenters. The summed E-state index contributed by atoms with van der Waals surface area (Å²) in [5.74, 6) is -0.653. The first kappa shape index (κ1) is 13.2. The number of hydrogen-bond donors (Lipinski definition) is 1. The number of carbonyl (C=O) groups is 1. The zero-order valence-electron chi connectivity index (χ0n) is 10.8. The highest BCUT2D eigenvalue weighted by atomic mass is 19.1. The number of hydrogen-bond acceptors (Lipinski definition) is 3. The van der Waals surface area contributed by atoms with Crippen LogP contribution < -0.4 is 5.73 Å². The summed E-state index contributed by atoms with van der Waals surface area (Å²) in [6, 6.07) is 6.21. The summed E-state index contributed by atoms with van der Waals surface area (Å²) in [5, 5.41) is 4.10. The van der Waals surface area contributed by atoms with E-state index in [0.29, 0.717) is 5.56 Å². The van der Waals surface area contributed by atoms with Crippen LogP contribution in [0.25, 0.3) is 5.69 Å². The number of para-hydroxylation sites is 1. The lowest BCUT2D eigenvalue weighted by molar-refractivity contribution is 0.0821. The van der Waals surface area contributed by atoms with Crippen molar-refractivity contribution in [3.05, 3.63) is 47.5 Å². The van der Waals surface area contributed by atoms with Gasteiger partial charge in [-0.25, -0.2) is 9.07 Å². The van der Waals surface area contributed by atoms with E-state index in [0.717, 1.165) is 0 Å². The van der Waals surface area contributed by atoms with Crippen LogP contribution >= 0.6 is 0 Å². The summed E-state index contributed by atoms with van der Waals surface area (Å²) in [6.07, 6.45) is 1.55. The van der Waals surface area contributed by atoms with E-state index in [2.05, 4.69) is 5.10 Å². The van der Waals surface area contributed by atoms with E-state index in [-0.39, 0.29) is 23.8 Å². The number of amides is 1. The summed E-state index contributed by atoms with van der Waals surface area (Å²) >= 11 is 0. The summed E-state index contributed by atoms with van der Waals surface area (Å²) in [5.41, 5.74) is 6.76. The maximum Gasteiger partial charge on any atom is 0.273 e. The van der Waals surface area contributed by atoms with Gasteiger partial charge in [0.2, 0.25) is 0 Å². The van der Waals surface area contributed by atoms with Gasteiger partial charge >= 0.3 is 0 Å². The molecule has 0 saturated carbocycles. The predicted molar refractivity (Wildman–Crippen MR) is 69.4 cm³/mol. The molecule has 2 rings (SSSR count). The minimum atomic E-state index is -0.421. The van der Waals surface area contributed by atoms with E-state index in [9.17, 15) is 9.18 Å². The molecule has 0 aliphatic carbocycles. The molecule has 0 saturated heterocycles. The largest absolute Gasteiger partial charge is 0.343 e. The molecule has 19 heavy (non-hydrogen) atoms. The molecule has 0 aliphatic heterocycles. The van der Waals surface area contributed by atoms with Crippen molar-refractivity contribution >= 4 is 5.91 Å². The molecule has 6 heteroatoms. The van der Waals surface area contributed by atoms with Crippen LogP contribution in [0.2, 0.25) is 0 Å². The highest BCUT2D eigenvalue weighted by Crippen LogP contribution is 2.18. The maximum atomic E-state index is 13.9. The van der Waals surface area contributed by atoms with Crippen molar-refractivity contribution in [3.63, 3.8) is 0 Å². The van der Waals surface area contributed by atoms with Gasteiger partial charge in [0, 0.05) is 26.8 Å². The van der Waals surface area contributed by atoms with Gasteiger partial charge in [-0.2, -0.15) is 5.10 Å². The summed E-state index contributed by atoms with van der Waals surface area (Å²) in [7, 11) is 3.27. The summed E-state index contributed by atoms with van der Waals surface area (Å²) in [4.78, 5) is 13.2. The number of nitrogens with zero attached hydrogens (tertiary/aromatic N) is 3. The van der Waals surface area contributed by atoms with Gasteiger partial charge in [-0.15, -0.1) is 0 Å². The Hall–Kier alpha value is -2.21. The van der Waals surface area contributed by atoms with Crippen molar-refractivity contribution in [2.24, 2.45) is 5.73 Å². The molecule has 0 aliphatic rings. The molecule has 0 unspecified atom stereocenters. The Balaban J connectivity index is 2.47. The molecule has 0 bridgehead atoms. The van der Waals surface area contributed by atoms with E-state index in [1.54, 1.807) is 38.5 Å². The van der Waals surface area contributed by atoms with Crippen molar-refractivity contribution in [2.75, 3.05) is 14.1 Å². The standard InChI is InChI=1S/C13H15FN4O/c1-17(2)13(19)11-6-7-18(16-11)12-9(8-15)4-3-5-10(12)14/h3-7H,8,15H2,1-2H3. The Morgan fingerprint density at radius 3 is 2.79 bits per heavy atom. The first-order chi connectivity index (χ1) is 9.04. The molecule has 5 nitrogen and oxygen atoms in total. The van der Waals surface area contributed by atoms with Gasteiger partial charge in [-0.05, 0) is 17.7 Å². The molecule has 1 aromatic carbocycles. The third-order valence-corrected chi connectivity index (χ3v) is 2.73. The van der Waals surface area contributed by atoms with Gasteiger partial charge in [0.25, 0.3) is 5.91 Å². The van der Waals surface area contributed by atoms with Gasteiger partial charge in [-0.3, -0.25) is 4.79 Å². The molecular formula is C13H15FN4O. The zero-order chi connectivity index (χ0) is 14.0. The lowest BCUT2D eigenvalue weighted by Crippen LogP contribution is -2.22. The van der Waals surface area contributed by atoms with E-state index >= 15 is 0 Å². The molecule has 1 aromatic heterocycles. The van der Waals surface area contributed by atoms with Crippen molar-refractivity contribution in [2.45, 2.75) is 6.54 Å². The lowest BCUT2D eigenvalue weighted by Gasteiger charge is -2.09. The van der Waals surface area contributed by atoms with Crippen LogP contribution in [-0.4, -0.2) is 34.7 Å². The van der Waals surface area contributed by atoms with Crippen LogP contribution in [0.4, 0.5) is 4.39 Å². The van der Waals surface area contributed by atoms with E-state index in [1.165, 1.54) is 15.6 Å². The topological polar surface area (TPSA) is 64.2 Å². The second-order valence-electron chi connectivity index (χ2n) is 4.30.